The van der Waals surface area contributed by atoms with Crippen LogP contribution in [0.2, 0.25) is 0 Å². The summed E-state index contributed by atoms with van der Waals surface area (Å²) in [6, 6.07) is 13.9. The number of ether oxygens (including phenoxy) is 2. The lowest BCUT2D eigenvalue weighted by Crippen LogP contribution is -2.35. The van der Waals surface area contributed by atoms with Crippen LogP contribution in [0.4, 0.5) is 0 Å². The number of nitrogens with zero attached hydrogens (tertiary/aromatic N) is 2. The van der Waals surface area contributed by atoms with Crippen molar-refractivity contribution in [3.05, 3.63) is 53.9 Å². The number of benzene rings is 2. The molecule has 0 bridgehead atoms. The van der Waals surface area contributed by atoms with E-state index in [1.165, 1.54) is 0 Å². The van der Waals surface area contributed by atoms with Gasteiger partial charge >= 0.3 is 0 Å². The van der Waals surface area contributed by atoms with E-state index in [1.807, 2.05) is 43.3 Å². The second kappa shape index (κ2) is 7.92. The van der Waals surface area contributed by atoms with Crippen LogP contribution in [-0.2, 0) is 17.8 Å². The predicted octanol–water partition coefficient (Wildman–Crippen LogP) is 3.11. The molecular weight excluding hydrogens is 354 g/mol. The molecule has 1 amide bonds. The van der Waals surface area contributed by atoms with Crippen molar-refractivity contribution in [1.29, 1.82) is 0 Å². The Bertz CT molecular complexity index is 996. The average molecular weight is 379 g/mol. The predicted molar refractivity (Wildman–Crippen MR) is 108 cm³/mol. The number of aromatic nitrogens is 2. The van der Waals surface area contributed by atoms with Crippen molar-refractivity contribution in [3.63, 3.8) is 0 Å². The van der Waals surface area contributed by atoms with Gasteiger partial charge in [0.05, 0.1) is 24.8 Å². The van der Waals surface area contributed by atoms with E-state index in [0.717, 1.165) is 40.3 Å². The Hall–Kier alpha value is -3.02. The molecule has 0 radical (unpaired) electrons. The normalized spacial score (nSPS) is 15.7. The Morgan fingerprint density at radius 2 is 2.14 bits per heavy atom. The van der Waals surface area contributed by atoms with Crippen LogP contribution in [0.1, 0.15) is 17.8 Å². The Labute approximate surface area is 164 Å². The summed E-state index contributed by atoms with van der Waals surface area (Å²) in [7, 11) is 1.65. The van der Waals surface area contributed by atoms with Crippen molar-refractivity contribution >= 4 is 16.9 Å². The highest BCUT2D eigenvalue weighted by molar-refractivity contribution is 5.78. The quantitative estimate of drug-likeness (QED) is 0.715. The van der Waals surface area contributed by atoms with E-state index in [-0.39, 0.29) is 11.8 Å². The Morgan fingerprint density at radius 3 is 3.00 bits per heavy atom. The maximum absolute atomic E-state index is 12.4. The number of rotatable bonds is 6. The number of hydrogen-bond donors (Lipinski definition) is 1. The van der Waals surface area contributed by atoms with E-state index in [1.54, 1.807) is 7.11 Å². The minimum Gasteiger partial charge on any atom is -0.493 e. The van der Waals surface area contributed by atoms with E-state index < -0.39 is 0 Å². The third-order valence-electron chi connectivity index (χ3n) is 5.25. The number of para-hydroxylation sites is 3. The van der Waals surface area contributed by atoms with Crippen LogP contribution in [-0.4, -0.2) is 35.7 Å². The number of hydrogen-bond acceptors (Lipinski definition) is 4. The minimum absolute atomic E-state index is 0.0496. The van der Waals surface area contributed by atoms with Crippen molar-refractivity contribution in [1.82, 2.24) is 14.9 Å². The molecule has 0 aliphatic carbocycles. The van der Waals surface area contributed by atoms with Crippen molar-refractivity contribution in [2.45, 2.75) is 26.3 Å². The summed E-state index contributed by atoms with van der Waals surface area (Å²) < 4.78 is 13.3. The summed E-state index contributed by atoms with van der Waals surface area (Å²) in [6.07, 6.45) is 1.30. The maximum Gasteiger partial charge on any atom is 0.221 e. The number of aryl methyl sites for hydroxylation is 2. The van der Waals surface area contributed by atoms with Gasteiger partial charge in [-0.2, -0.15) is 0 Å². The largest absolute Gasteiger partial charge is 0.493 e. The molecule has 2 aromatic carbocycles. The van der Waals surface area contributed by atoms with Gasteiger partial charge in [-0.3, -0.25) is 4.79 Å². The zero-order chi connectivity index (χ0) is 19.5. The molecule has 3 aromatic rings. The number of fused-ring (bicyclic) bond motifs is 2. The number of nitrogens with one attached hydrogen (secondary N) is 1. The average Bonchev–Trinajstić information content (AvgIpc) is 3.05. The van der Waals surface area contributed by atoms with Crippen LogP contribution < -0.4 is 14.8 Å². The maximum atomic E-state index is 12.4. The van der Waals surface area contributed by atoms with Gasteiger partial charge in [-0.15, -0.1) is 0 Å². The molecule has 4 rings (SSSR count). The van der Waals surface area contributed by atoms with Gasteiger partial charge in [0.25, 0.3) is 0 Å². The summed E-state index contributed by atoms with van der Waals surface area (Å²) in [6.45, 7) is 3.79. The van der Waals surface area contributed by atoms with Crippen molar-refractivity contribution in [2.24, 2.45) is 5.92 Å². The third-order valence-corrected chi connectivity index (χ3v) is 5.25. The van der Waals surface area contributed by atoms with Gasteiger partial charge in [-0.25, -0.2) is 4.98 Å². The van der Waals surface area contributed by atoms with Crippen LogP contribution in [0, 0.1) is 12.8 Å². The molecule has 1 aliphatic heterocycles. The van der Waals surface area contributed by atoms with E-state index in [2.05, 4.69) is 20.9 Å². The monoisotopic (exact) mass is 379 g/mol. The molecule has 0 fully saturated rings. The molecule has 146 valence electrons. The standard InChI is InChI=1S/C22H25N3O3/c1-15-24-18-7-3-4-8-19(18)25(15)11-10-21(26)23-13-16-12-17-6-5-9-20(27-2)22(17)28-14-16/h3-9,16H,10-14H2,1-2H3,(H,23,26)/t16-/m1/s1. The first-order valence-corrected chi connectivity index (χ1v) is 9.63. The molecule has 0 saturated heterocycles. The van der Waals surface area contributed by atoms with Crippen molar-refractivity contribution < 1.29 is 14.3 Å². The van der Waals surface area contributed by atoms with Crippen LogP contribution >= 0.6 is 0 Å². The Balaban J connectivity index is 1.31. The van der Waals surface area contributed by atoms with Gasteiger partial charge in [0.2, 0.25) is 5.91 Å². The number of imidazole rings is 1. The van der Waals surface area contributed by atoms with E-state index in [0.29, 0.717) is 26.1 Å². The van der Waals surface area contributed by atoms with E-state index in [9.17, 15) is 4.79 Å². The molecule has 28 heavy (non-hydrogen) atoms. The number of amides is 1. The first kappa shape index (κ1) is 18.3. The van der Waals surface area contributed by atoms with Crippen molar-refractivity contribution in [3.8, 4) is 11.5 Å². The van der Waals surface area contributed by atoms with Crippen LogP contribution in [0.5, 0.6) is 11.5 Å². The van der Waals surface area contributed by atoms with Gasteiger partial charge in [-0.05, 0) is 37.1 Å². The highest BCUT2D eigenvalue weighted by Crippen LogP contribution is 2.35. The molecule has 1 aliphatic rings. The van der Waals surface area contributed by atoms with Crippen LogP contribution in [0.15, 0.2) is 42.5 Å². The number of carbonyl (C=O) groups excluding carboxylic acids is 1. The second-order valence-corrected chi connectivity index (χ2v) is 7.18. The number of methoxy groups -OCH3 is 1. The number of carbonyl (C=O) groups is 1. The Morgan fingerprint density at radius 1 is 1.29 bits per heavy atom. The topological polar surface area (TPSA) is 65.4 Å². The highest BCUT2D eigenvalue weighted by Gasteiger charge is 2.23. The highest BCUT2D eigenvalue weighted by atomic mass is 16.5. The fourth-order valence-corrected chi connectivity index (χ4v) is 3.79. The second-order valence-electron chi connectivity index (χ2n) is 7.18. The zero-order valence-electron chi connectivity index (χ0n) is 16.3. The first-order chi connectivity index (χ1) is 13.7. The summed E-state index contributed by atoms with van der Waals surface area (Å²) in [5.41, 5.74) is 3.17. The summed E-state index contributed by atoms with van der Waals surface area (Å²) in [5, 5.41) is 3.06. The fourth-order valence-electron chi connectivity index (χ4n) is 3.79. The lowest BCUT2D eigenvalue weighted by atomic mass is 9.96. The van der Waals surface area contributed by atoms with Gasteiger partial charge in [0.15, 0.2) is 11.5 Å². The SMILES string of the molecule is COc1cccc2c1OC[C@@H](CNC(=O)CCn1c(C)nc3ccccc31)C2. The molecule has 6 nitrogen and oxygen atoms in total. The van der Waals surface area contributed by atoms with Crippen LogP contribution in [0.25, 0.3) is 11.0 Å². The van der Waals surface area contributed by atoms with Gasteiger partial charge < -0.3 is 19.4 Å². The van der Waals surface area contributed by atoms with Crippen molar-refractivity contribution in [2.75, 3.05) is 20.3 Å². The molecule has 1 N–H and O–H groups in total. The molecule has 0 saturated carbocycles. The Kier molecular flexibility index (Phi) is 5.19. The summed E-state index contributed by atoms with van der Waals surface area (Å²) in [4.78, 5) is 16.9. The lowest BCUT2D eigenvalue weighted by Gasteiger charge is -2.26. The molecule has 1 atom stereocenters. The molecule has 2 heterocycles. The van der Waals surface area contributed by atoms with Gasteiger partial charge in [0.1, 0.15) is 5.82 Å². The first-order valence-electron chi connectivity index (χ1n) is 9.63. The molecule has 1 aromatic heterocycles. The smallest absolute Gasteiger partial charge is 0.221 e. The van der Waals surface area contributed by atoms with E-state index >= 15 is 0 Å². The van der Waals surface area contributed by atoms with Gasteiger partial charge in [-0.1, -0.05) is 24.3 Å². The van der Waals surface area contributed by atoms with Crippen LogP contribution in [0.3, 0.4) is 0 Å². The lowest BCUT2D eigenvalue weighted by molar-refractivity contribution is -0.121. The molecule has 0 unspecified atom stereocenters. The van der Waals surface area contributed by atoms with E-state index in [4.69, 9.17) is 9.47 Å². The fraction of sp³-hybridized carbons (Fsp3) is 0.364. The molecule has 0 spiro atoms. The molecule has 6 heteroatoms. The van der Waals surface area contributed by atoms with Gasteiger partial charge in [0, 0.05) is 25.4 Å². The summed E-state index contributed by atoms with van der Waals surface area (Å²) in [5.74, 6) is 2.84. The molecular formula is C22H25N3O3. The summed E-state index contributed by atoms with van der Waals surface area (Å²) >= 11 is 0. The zero-order valence-corrected chi connectivity index (χ0v) is 16.3. The minimum atomic E-state index is 0.0496. The third kappa shape index (κ3) is 3.67.